The summed E-state index contributed by atoms with van der Waals surface area (Å²) in [6, 6.07) is 1.06. The molecule has 0 amide bonds. The number of aromatic nitrogens is 2. The number of hydrogen-bond donors (Lipinski definition) is 2. The van der Waals surface area contributed by atoms with Gasteiger partial charge in [0.15, 0.2) is 0 Å². The standard InChI is InChI=1S/C14H22FN2O13P3/c1-9(15)10-7-13(17-6-5-12(18)16-14(17)19)28-11(10)8-27-32(22,25-3)30-33(23,26-4)29-31(20,21)24-2/h5-6,10-11,13H,1,7-8H2,2-4H3,(H,20,21)(H,16,18,19). The van der Waals surface area contributed by atoms with Crippen molar-refractivity contribution in [2.75, 3.05) is 27.9 Å². The average molecular weight is 538 g/mol. The van der Waals surface area contributed by atoms with Gasteiger partial charge < -0.3 is 9.63 Å². The number of aromatic amines is 1. The summed E-state index contributed by atoms with van der Waals surface area (Å²) in [5, 5.41) is 0. The topological polar surface area (TPSA) is 191 Å². The molecule has 19 heteroatoms. The molecule has 33 heavy (non-hydrogen) atoms. The van der Waals surface area contributed by atoms with E-state index >= 15 is 0 Å². The lowest BCUT2D eigenvalue weighted by molar-refractivity contribution is -0.0316. The van der Waals surface area contributed by atoms with E-state index in [1.54, 1.807) is 0 Å². The Kier molecular flexibility index (Phi) is 9.30. The van der Waals surface area contributed by atoms with Crippen LogP contribution in [0.25, 0.3) is 0 Å². The van der Waals surface area contributed by atoms with Crippen LogP contribution in [0.15, 0.2) is 34.3 Å². The van der Waals surface area contributed by atoms with Crippen molar-refractivity contribution in [3.63, 3.8) is 0 Å². The van der Waals surface area contributed by atoms with Crippen molar-refractivity contribution in [2.45, 2.75) is 18.8 Å². The van der Waals surface area contributed by atoms with Gasteiger partial charge in [-0.2, -0.15) is 8.62 Å². The van der Waals surface area contributed by atoms with E-state index in [2.05, 4.69) is 28.8 Å². The van der Waals surface area contributed by atoms with Crippen molar-refractivity contribution < 1.29 is 54.4 Å². The second-order valence-corrected chi connectivity index (χ2v) is 11.7. The molecule has 15 nitrogen and oxygen atoms in total. The van der Waals surface area contributed by atoms with E-state index in [1.807, 2.05) is 4.98 Å². The summed E-state index contributed by atoms with van der Waals surface area (Å²) in [4.78, 5) is 34.6. The quantitative estimate of drug-likeness (QED) is 0.369. The van der Waals surface area contributed by atoms with Crippen molar-refractivity contribution in [1.82, 2.24) is 9.55 Å². The molecule has 2 heterocycles. The lowest BCUT2D eigenvalue weighted by Gasteiger charge is -2.23. The molecule has 0 aromatic carbocycles. The Morgan fingerprint density at radius 1 is 1.21 bits per heavy atom. The summed E-state index contributed by atoms with van der Waals surface area (Å²) >= 11 is 0. The fourth-order valence-electron chi connectivity index (χ4n) is 2.68. The second-order valence-electron chi connectivity index (χ2n) is 6.31. The zero-order valence-corrected chi connectivity index (χ0v) is 20.2. The van der Waals surface area contributed by atoms with E-state index in [-0.39, 0.29) is 6.42 Å². The lowest BCUT2D eigenvalue weighted by Crippen LogP contribution is -2.31. The van der Waals surface area contributed by atoms with Crippen LogP contribution in [0.4, 0.5) is 4.39 Å². The van der Waals surface area contributed by atoms with Crippen LogP contribution < -0.4 is 11.2 Å². The van der Waals surface area contributed by atoms with Crippen LogP contribution in [0.2, 0.25) is 0 Å². The molecule has 6 atom stereocenters. The highest BCUT2D eigenvalue weighted by molar-refractivity contribution is 7.67. The van der Waals surface area contributed by atoms with Gasteiger partial charge in [-0.05, 0) is 0 Å². The molecule has 0 aliphatic carbocycles. The first-order valence-corrected chi connectivity index (χ1v) is 13.3. The average Bonchev–Trinajstić information content (AvgIpc) is 3.16. The number of rotatable bonds is 12. The number of ether oxygens (including phenoxy) is 1. The molecule has 2 rings (SSSR count). The number of phosphoric acid groups is 3. The molecular weight excluding hydrogens is 516 g/mol. The molecule has 1 aliphatic heterocycles. The van der Waals surface area contributed by atoms with E-state index in [9.17, 15) is 32.6 Å². The Labute approximate surface area is 186 Å². The first-order chi connectivity index (χ1) is 15.3. The van der Waals surface area contributed by atoms with Crippen molar-refractivity contribution in [3.05, 3.63) is 45.5 Å². The summed E-state index contributed by atoms with van der Waals surface area (Å²) in [5.74, 6) is -1.89. The van der Waals surface area contributed by atoms with Crippen molar-refractivity contribution in [2.24, 2.45) is 5.92 Å². The zero-order chi connectivity index (χ0) is 25.0. The summed E-state index contributed by atoms with van der Waals surface area (Å²) in [7, 11) is -12.4. The normalized spacial score (nSPS) is 26.3. The predicted molar refractivity (Wildman–Crippen MR) is 108 cm³/mol. The largest absolute Gasteiger partial charge is 0.492 e. The summed E-state index contributed by atoms with van der Waals surface area (Å²) in [5.41, 5.74) is -1.46. The van der Waals surface area contributed by atoms with Gasteiger partial charge in [0.25, 0.3) is 5.56 Å². The van der Waals surface area contributed by atoms with Gasteiger partial charge in [-0.15, -0.1) is 0 Å². The van der Waals surface area contributed by atoms with E-state index in [0.29, 0.717) is 0 Å². The van der Waals surface area contributed by atoms with Gasteiger partial charge in [0.2, 0.25) is 0 Å². The number of nitrogens with one attached hydrogen (secondary N) is 1. The summed E-state index contributed by atoms with van der Waals surface area (Å²) in [6.45, 7) is 2.51. The van der Waals surface area contributed by atoms with Gasteiger partial charge in [-0.1, -0.05) is 6.58 Å². The van der Waals surface area contributed by atoms with Gasteiger partial charge in [0.05, 0.1) is 18.5 Å². The summed E-state index contributed by atoms with van der Waals surface area (Å²) < 4.78 is 84.2. The van der Waals surface area contributed by atoms with Crippen molar-refractivity contribution in [3.8, 4) is 0 Å². The third-order valence-corrected chi connectivity index (χ3v) is 9.32. The van der Waals surface area contributed by atoms with Crippen LogP contribution in [-0.4, -0.2) is 48.5 Å². The molecular formula is C14H22FN2O13P3. The Morgan fingerprint density at radius 2 is 1.85 bits per heavy atom. The maximum atomic E-state index is 14.0. The molecule has 0 radical (unpaired) electrons. The highest BCUT2D eigenvalue weighted by Gasteiger charge is 2.46. The fourth-order valence-corrected chi connectivity index (χ4v) is 6.75. The number of phosphoric ester groups is 2. The second kappa shape index (κ2) is 11.0. The molecule has 0 saturated carbocycles. The Morgan fingerprint density at radius 3 is 2.36 bits per heavy atom. The zero-order valence-electron chi connectivity index (χ0n) is 17.5. The molecule has 1 aromatic rings. The molecule has 1 aliphatic rings. The third-order valence-electron chi connectivity index (χ3n) is 4.28. The molecule has 1 aromatic heterocycles. The number of nitrogens with zero attached hydrogens (tertiary/aromatic N) is 1. The van der Waals surface area contributed by atoms with E-state index in [0.717, 1.165) is 38.2 Å². The number of hydrogen-bond acceptors (Lipinski definition) is 12. The van der Waals surface area contributed by atoms with Gasteiger partial charge in [0, 0.05) is 45.9 Å². The van der Waals surface area contributed by atoms with Gasteiger partial charge >= 0.3 is 29.2 Å². The fraction of sp³-hybridized carbons (Fsp3) is 0.571. The maximum Gasteiger partial charge on any atom is 0.492 e. The van der Waals surface area contributed by atoms with Gasteiger partial charge in [0.1, 0.15) is 6.23 Å². The smallest absolute Gasteiger partial charge is 0.351 e. The summed E-state index contributed by atoms with van der Waals surface area (Å²) in [6.07, 6.45) is -1.19. The molecule has 1 fully saturated rings. The predicted octanol–water partition coefficient (Wildman–Crippen LogP) is 2.23. The van der Waals surface area contributed by atoms with Crippen LogP contribution in [0, 0.1) is 5.92 Å². The minimum atomic E-state index is -5.01. The van der Waals surface area contributed by atoms with E-state index in [1.165, 1.54) is 0 Å². The number of halogens is 1. The monoisotopic (exact) mass is 538 g/mol. The van der Waals surface area contributed by atoms with Crippen LogP contribution in [-0.2, 0) is 45.1 Å². The molecule has 188 valence electrons. The Bertz CT molecular complexity index is 1120. The van der Waals surface area contributed by atoms with Gasteiger partial charge in [-0.3, -0.25) is 32.4 Å². The Balaban J connectivity index is 2.18. The van der Waals surface area contributed by atoms with Crippen molar-refractivity contribution in [1.29, 1.82) is 0 Å². The molecule has 0 bridgehead atoms. The molecule has 2 N–H and O–H groups in total. The van der Waals surface area contributed by atoms with E-state index in [4.69, 9.17) is 9.26 Å². The maximum absolute atomic E-state index is 14.0. The van der Waals surface area contributed by atoms with Crippen molar-refractivity contribution >= 4 is 23.5 Å². The van der Waals surface area contributed by atoms with Crippen LogP contribution in [0.3, 0.4) is 0 Å². The van der Waals surface area contributed by atoms with Gasteiger partial charge in [-0.25, -0.2) is 22.9 Å². The molecule has 6 unspecified atom stereocenters. The van der Waals surface area contributed by atoms with Crippen LogP contribution in [0.1, 0.15) is 12.6 Å². The molecule has 0 spiro atoms. The lowest BCUT2D eigenvalue weighted by atomic mass is 10.0. The van der Waals surface area contributed by atoms with Crippen LogP contribution >= 0.6 is 23.5 Å². The SMILES string of the molecule is C=C(F)C1CC(n2ccc(=O)[nH]c2=O)OC1COP(=O)(OC)OP(=O)(OC)OP(=O)(O)OC. The van der Waals surface area contributed by atoms with Crippen LogP contribution in [0.5, 0.6) is 0 Å². The first kappa shape index (κ1) is 28.0. The Hall–Kier alpha value is -1.28. The first-order valence-electron chi connectivity index (χ1n) is 8.85. The third kappa shape index (κ3) is 7.35. The minimum absolute atomic E-state index is 0.103. The number of H-pyrrole nitrogens is 1. The highest BCUT2D eigenvalue weighted by Crippen LogP contribution is 2.71. The molecule has 1 saturated heterocycles. The highest BCUT2D eigenvalue weighted by atomic mass is 31.3. The van der Waals surface area contributed by atoms with E-state index < -0.39 is 65.4 Å². The minimum Gasteiger partial charge on any atom is -0.351 e.